The number of nitrogens with zero attached hydrogens (tertiary/aromatic N) is 1. The molecule has 1 N–H and O–H groups in total. The van der Waals surface area contributed by atoms with E-state index in [0.717, 1.165) is 5.56 Å². The van der Waals surface area contributed by atoms with Gasteiger partial charge in [0.2, 0.25) is 0 Å². The van der Waals surface area contributed by atoms with Crippen molar-refractivity contribution in [3.8, 4) is 0 Å². The van der Waals surface area contributed by atoms with Gasteiger partial charge in [-0.25, -0.2) is 4.79 Å². The molecule has 0 saturated carbocycles. The van der Waals surface area contributed by atoms with Crippen LogP contribution in [0.2, 0.25) is 5.02 Å². The Bertz CT molecular complexity index is 584. The van der Waals surface area contributed by atoms with E-state index >= 15 is 0 Å². The van der Waals surface area contributed by atoms with Gasteiger partial charge < -0.3 is 19.7 Å². The summed E-state index contributed by atoms with van der Waals surface area (Å²) < 4.78 is 10.0. The van der Waals surface area contributed by atoms with Crippen LogP contribution in [-0.4, -0.2) is 55.9 Å². The molecular formula is C19H29ClN2O4. The molecule has 0 aliphatic rings. The molecule has 1 amide bonds. The lowest BCUT2D eigenvalue weighted by Gasteiger charge is -2.27. The lowest BCUT2D eigenvalue weighted by atomic mass is 10.1. The summed E-state index contributed by atoms with van der Waals surface area (Å²) in [5.74, 6) is -0.258. The standard InChI is InChI=1S/C19H29ClN2O4/c1-19(2,3)26-18(24)21-16(12-14-6-8-15(20)9-7-14)13-22(4)11-10-17(23)25-5/h6-9,16H,10-13H2,1-5H3,(H,21,24)/t16-/m0/s1. The number of halogens is 1. The van der Waals surface area contributed by atoms with E-state index in [1.165, 1.54) is 7.11 Å². The Labute approximate surface area is 160 Å². The third kappa shape index (κ3) is 9.63. The highest BCUT2D eigenvalue weighted by atomic mass is 35.5. The van der Waals surface area contributed by atoms with Gasteiger partial charge in [0.15, 0.2) is 0 Å². The lowest BCUT2D eigenvalue weighted by Crippen LogP contribution is -2.46. The number of carbonyl (C=O) groups excluding carboxylic acids is 2. The Morgan fingerprint density at radius 3 is 2.38 bits per heavy atom. The van der Waals surface area contributed by atoms with Crippen LogP contribution in [0.3, 0.4) is 0 Å². The molecule has 0 radical (unpaired) electrons. The largest absolute Gasteiger partial charge is 0.469 e. The molecule has 1 rings (SSSR count). The van der Waals surface area contributed by atoms with Crippen LogP contribution in [0.4, 0.5) is 4.79 Å². The van der Waals surface area contributed by atoms with Gasteiger partial charge >= 0.3 is 12.1 Å². The first-order valence-corrected chi connectivity index (χ1v) is 8.96. The van der Waals surface area contributed by atoms with E-state index in [9.17, 15) is 9.59 Å². The topological polar surface area (TPSA) is 67.9 Å². The summed E-state index contributed by atoms with van der Waals surface area (Å²) in [7, 11) is 3.27. The van der Waals surface area contributed by atoms with E-state index in [1.54, 1.807) is 0 Å². The van der Waals surface area contributed by atoms with Crippen LogP contribution in [0.25, 0.3) is 0 Å². The number of carbonyl (C=O) groups is 2. The van der Waals surface area contributed by atoms with E-state index in [2.05, 4.69) is 10.1 Å². The van der Waals surface area contributed by atoms with Crippen molar-refractivity contribution in [2.45, 2.75) is 45.3 Å². The van der Waals surface area contributed by atoms with Crippen LogP contribution in [-0.2, 0) is 20.7 Å². The summed E-state index contributed by atoms with van der Waals surface area (Å²) in [6.07, 6.45) is 0.462. The van der Waals surface area contributed by atoms with Gasteiger partial charge in [-0.15, -0.1) is 0 Å². The Hall–Kier alpha value is -1.79. The minimum Gasteiger partial charge on any atom is -0.469 e. The van der Waals surface area contributed by atoms with Gasteiger partial charge in [-0.05, 0) is 51.9 Å². The maximum Gasteiger partial charge on any atom is 0.407 e. The third-order valence-corrected chi connectivity index (χ3v) is 3.83. The summed E-state index contributed by atoms with van der Waals surface area (Å²) in [4.78, 5) is 25.4. The molecule has 0 aromatic heterocycles. The van der Waals surface area contributed by atoms with E-state index in [0.29, 0.717) is 31.0 Å². The monoisotopic (exact) mass is 384 g/mol. The maximum atomic E-state index is 12.2. The Morgan fingerprint density at radius 2 is 1.85 bits per heavy atom. The van der Waals surface area contributed by atoms with Gasteiger partial charge in [-0.3, -0.25) is 4.79 Å². The minimum absolute atomic E-state index is 0.173. The van der Waals surface area contributed by atoms with Gasteiger partial charge in [0, 0.05) is 24.2 Å². The zero-order valence-corrected chi connectivity index (χ0v) is 16.9. The first-order chi connectivity index (χ1) is 12.1. The van der Waals surface area contributed by atoms with Gasteiger partial charge in [0.05, 0.1) is 13.5 Å². The second-order valence-electron chi connectivity index (χ2n) is 7.26. The van der Waals surface area contributed by atoms with E-state index in [4.69, 9.17) is 16.3 Å². The molecule has 146 valence electrons. The fraction of sp³-hybridized carbons (Fsp3) is 0.579. The number of hydrogen-bond donors (Lipinski definition) is 1. The Kier molecular flexibility index (Phi) is 8.88. The molecule has 1 atom stereocenters. The van der Waals surface area contributed by atoms with Gasteiger partial charge in [0.25, 0.3) is 0 Å². The van der Waals surface area contributed by atoms with Gasteiger partial charge in [-0.1, -0.05) is 23.7 Å². The number of methoxy groups -OCH3 is 1. The number of likely N-dealkylation sites (N-methyl/N-ethyl adjacent to an activating group) is 1. The average Bonchev–Trinajstić information content (AvgIpc) is 2.52. The van der Waals surface area contributed by atoms with Crippen LogP contribution < -0.4 is 5.32 Å². The van der Waals surface area contributed by atoms with Gasteiger partial charge in [-0.2, -0.15) is 0 Å². The number of hydrogen-bond acceptors (Lipinski definition) is 5. The van der Waals surface area contributed by atoms with E-state index < -0.39 is 11.7 Å². The predicted octanol–water partition coefficient (Wildman–Crippen LogP) is 3.27. The molecule has 1 aromatic carbocycles. The molecule has 0 saturated heterocycles. The smallest absolute Gasteiger partial charge is 0.407 e. The zero-order valence-electron chi connectivity index (χ0n) is 16.2. The lowest BCUT2D eigenvalue weighted by molar-refractivity contribution is -0.140. The highest BCUT2D eigenvalue weighted by Crippen LogP contribution is 2.13. The SMILES string of the molecule is COC(=O)CCN(C)C[C@H](Cc1ccc(Cl)cc1)NC(=O)OC(C)(C)C. The van der Waals surface area contributed by atoms with Crippen molar-refractivity contribution in [3.05, 3.63) is 34.9 Å². The average molecular weight is 385 g/mol. The van der Waals surface area contributed by atoms with Crippen molar-refractivity contribution in [2.24, 2.45) is 0 Å². The minimum atomic E-state index is -0.564. The van der Waals surface area contributed by atoms with Crippen LogP contribution in [0.15, 0.2) is 24.3 Å². The molecule has 7 heteroatoms. The first kappa shape index (κ1) is 22.3. The summed E-state index contributed by atoms with van der Waals surface area (Å²) in [6, 6.07) is 7.33. The normalized spacial score (nSPS) is 12.6. The van der Waals surface area contributed by atoms with Crippen molar-refractivity contribution in [1.82, 2.24) is 10.2 Å². The second kappa shape index (κ2) is 10.4. The summed E-state index contributed by atoms with van der Waals surface area (Å²) in [5, 5.41) is 3.58. The fourth-order valence-electron chi connectivity index (χ4n) is 2.39. The second-order valence-corrected chi connectivity index (χ2v) is 7.70. The molecule has 0 aliphatic heterocycles. The maximum absolute atomic E-state index is 12.2. The van der Waals surface area contributed by atoms with Crippen molar-refractivity contribution in [2.75, 3.05) is 27.2 Å². The van der Waals surface area contributed by atoms with Gasteiger partial charge in [0.1, 0.15) is 5.60 Å². The molecular weight excluding hydrogens is 356 g/mol. The number of ether oxygens (including phenoxy) is 2. The van der Waals surface area contributed by atoms with E-state index in [-0.39, 0.29) is 12.0 Å². The summed E-state index contributed by atoms with van der Waals surface area (Å²) in [6.45, 7) is 6.58. The summed E-state index contributed by atoms with van der Waals surface area (Å²) >= 11 is 5.93. The number of esters is 1. The number of alkyl carbamates (subject to hydrolysis) is 1. The molecule has 1 aromatic rings. The first-order valence-electron chi connectivity index (χ1n) is 8.58. The van der Waals surface area contributed by atoms with E-state index in [1.807, 2.05) is 57.0 Å². The Morgan fingerprint density at radius 1 is 1.23 bits per heavy atom. The van der Waals surface area contributed by atoms with Crippen molar-refractivity contribution in [3.63, 3.8) is 0 Å². The van der Waals surface area contributed by atoms with Crippen molar-refractivity contribution >= 4 is 23.7 Å². The molecule has 0 aliphatic carbocycles. The molecule has 0 fully saturated rings. The van der Waals surface area contributed by atoms with Crippen LogP contribution in [0.1, 0.15) is 32.8 Å². The molecule has 26 heavy (non-hydrogen) atoms. The highest BCUT2D eigenvalue weighted by molar-refractivity contribution is 6.30. The fourth-order valence-corrected chi connectivity index (χ4v) is 2.52. The van der Waals surface area contributed by atoms with Crippen molar-refractivity contribution < 1.29 is 19.1 Å². The van der Waals surface area contributed by atoms with Crippen LogP contribution in [0.5, 0.6) is 0 Å². The molecule has 0 heterocycles. The molecule has 0 bridgehead atoms. The number of amides is 1. The number of benzene rings is 1. The Balaban J connectivity index is 2.71. The van der Waals surface area contributed by atoms with Crippen LogP contribution in [0, 0.1) is 0 Å². The molecule has 6 nitrogen and oxygen atoms in total. The molecule has 0 unspecified atom stereocenters. The molecule has 0 spiro atoms. The highest BCUT2D eigenvalue weighted by Gasteiger charge is 2.21. The summed E-state index contributed by atoms with van der Waals surface area (Å²) in [5.41, 5.74) is 0.489. The predicted molar refractivity (Wildman–Crippen MR) is 102 cm³/mol. The quantitative estimate of drug-likeness (QED) is 0.696. The number of nitrogens with one attached hydrogen (secondary N) is 1. The number of rotatable bonds is 8. The third-order valence-electron chi connectivity index (χ3n) is 3.57. The zero-order chi connectivity index (χ0) is 19.7. The van der Waals surface area contributed by atoms with Crippen LogP contribution >= 0.6 is 11.6 Å². The van der Waals surface area contributed by atoms with Crippen molar-refractivity contribution in [1.29, 1.82) is 0 Å².